The Morgan fingerprint density at radius 1 is 1.40 bits per heavy atom. The second kappa shape index (κ2) is 4.57. The molecule has 1 fully saturated rings. The normalized spacial score (nSPS) is 21.7. The van der Waals surface area contributed by atoms with E-state index >= 15 is 0 Å². The molecule has 1 atom stereocenters. The summed E-state index contributed by atoms with van der Waals surface area (Å²) in [6, 6.07) is 0.573. The van der Waals surface area contributed by atoms with Crippen LogP contribution in [0.3, 0.4) is 0 Å². The van der Waals surface area contributed by atoms with Crippen LogP contribution in [0, 0.1) is 6.92 Å². The van der Waals surface area contributed by atoms with Gasteiger partial charge in [0.05, 0.1) is 0 Å². The largest absolute Gasteiger partial charge is 0.339 e. The summed E-state index contributed by atoms with van der Waals surface area (Å²) in [6.45, 7) is 4.09. The van der Waals surface area contributed by atoms with E-state index in [0.29, 0.717) is 6.04 Å². The molecule has 1 aromatic heterocycles. The second-order valence-corrected chi connectivity index (χ2v) is 4.13. The molecule has 0 aliphatic carbocycles. The molecule has 15 heavy (non-hydrogen) atoms. The van der Waals surface area contributed by atoms with Crippen LogP contribution in [0.4, 0.5) is 5.95 Å². The molecule has 1 unspecified atom stereocenters. The summed E-state index contributed by atoms with van der Waals surface area (Å²) in [5.41, 5.74) is 1.11. The zero-order valence-electron chi connectivity index (χ0n) is 9.40. The standard InChI is InChI=1S/C11H18N4/c1-9-6-13-11(14-7-9)15-5-3-4-10(8-15)12-2/h6-7,10,12H,3-5,8H2,1-2H3. The topological polar surface area (TPSA) is 41.0 Å². The number of nitrogens with one attached hydrogen (secondary N) is 1. The lowest BCUT2D eigenvalue weighted by molar-refractivity contribution is 0.445. The Hall–Kier alpha value is -1.16. The molecule has 2 heterocycles. The minimum Gasteiger partial charge on any atom is -0.339 e. The summed E-state index contributed by atoms with van der Waals surface area (Å²) in [7, 11) is 2.02. The van der Waals surface area contributed by atoms with Crippen LogP contribution in [0.1, 0.15) is 18.4 Å². The van der Waals surface area contributed by atoms with E-state index in [-0.39, 0.29) is 0 Å². The van der Waals surface area contributed by atoms with Crippen molar-refractivity contribution in [3.8, 4) is 0 Å². The van der Waals surface area contributed by atoms with E-state index in [1.54, 1.807) is 0 Å². The van der Waals surface area contributed by atoms with Crippen LogP contribution in [0.5, 0.6) is 0 Å². The summed E-state index contributed by atoms with van der Waals surface area (Å²) < 4.78 is 0. The van der Waals surface area contributed by atoms with E-state index in [9.17, 15) is 0 Å². The molecule has 4 heteroatoms. The average Bonchev–Trinajstić information content (AvgIpc) is 2.30. The third-order valence-corrected chi connectivity index (χ3v) is 2.88. The van der Waals surface area contributed by atoms with Crippen LogP contribution in [-0.2, 0) is 0 Å². The van der Waals surface area contributed by atoms with Gasteiger partial charge in [-0.3, -0.25) is 0 Å². The number of hydrogen-bond donors (Lipinski definition) is 1. The molecule has 1 N–H and O–H groups in total. The number of piperidine rings is 1. The molecule has 2 rings (SSSR count). The minimum absolute atomic E-state index is 0.573. The quantitative estimate of drug-likeness (QED) is 0.783. The van der Waals surface area contributed by atoms with E-state index in [0.717, 1.165) is 24.6 Å². The molecule has 0 aromatic carbocycles. The van der Waals surface area contributed by atoms with E-state index < -0.39 is 0 Å². The molecule has 1 aliphatic rings. The number of anilines is 1. The Morgan fingerprint density at radius 3 is 2.80 bits per heavy atom. The van der Waals surface area contributed by atoms with Crippen molar-refractivity contribution in [1.29, 1.82) is 0 Å². The lowest BCUT2D eigenvalue weighted by Crippen LogP contribution is -2.45. The van der Waals surface area contributed by atoms with Gasteiger partial charge in [-0.15, -0.1) is 0 Å². The first-order chi connectivity index (χ1) is 7.29. The summed E-state index contributed by atoms with van der Waals surface area (Å²) in [4.78, 5) is 11.0. The summed E-state index contributed by atoms with van der Waals surface area (Å²) in [5, 5.41) is 3.32. The molecule has 1 aliphatic heterocycles. The van der Waals surface area contributed by atoms with Gasteiger partial charge < -0.3 is 10.2 Å². The Kier molecular flexibility index (Phi) is 3.16. The minimum atomic E-state index is 0.573. The molecule has 0 saturated carbocycles. The van der Waals surface area contributed by atoms with Crippen LogP contribution >= 0.6 is 0 Å². The maximum absolute atomic E-state index is 4.36. The van der Waals surface area contributed by atoms with Gasteiger partial charge in [0.2, 0.25) is 5.95 Å². The number of rotatable bonds is 2. The SMILES string of the molecule is CNC1CCCN(c2ncc(C)cn2)C1. The molecule has 0 bridgehead atoms. The van der Waals surface area contributed by atoms with Gasteiger partial charge in [-0.05, 0) is 32.4 Å². The maximum Gasteiger partial charge on any atom is 0.225 e. The number of nitrogens with zero attached hydrogens (tertiary/aromatic N) is 3. The first-order valence-electron chi connectivity index (χ1n) is 5.50. The zero-order chi connectivity index (χ0) is 10.7. The van der Waals surface area contributed by atoms with Crippen LogP contribution in [0.25, 0.3) is 0 Å². The van der Waals surface area contributed by atoms with Crippen LogP contribution in [0.2, 0.25) is 0 Å². The Morgan fingerprint density at radius 2 is 2.13 bits per heavy atom. The van der Waals surface area contributed by atoms with Crippen LogP contribution in [-0.4, -0.2) is 36.1 Å². The molecule has 1 aromatic rings. The fourth-order valence-corrected chi connectivity index (χ4v) is 1.94. The molecular weight excluding hydrogens is 188 g/mol. The predicted molar refractivity (Wildman–Crippen MR) is 61.1 cm³/mol. The monoisotopic (exact) mass is 206 g/mol. The molecule has 82 valence electrons. The molecule has 0 amide bonds. The first kappa shape index (κ1) is 10.4. The molecular formula is C11H18N4. The summed E-state index contributed by atoms with van der Waals surface area (Å²) in [5.74, 6) is 0.862. The van der Waals surface area contributed by atoms with E-state index in [1.165, 1.54) is 12.8 Å². The Labute approximate surface area is 90.7 Å². The van der Waals surface area contributed by atoms with Crippen molar-refractivity contribution < 1.29 is 0 Å². The van der Waals surface area contributed by atoms with E-state index in [4.69, 9.17) is 0 Å². The van der Waals surface area contributed by atoms with Gasteiger partial charge >= 0.3 is 0 Å². The van der Waals surface area contributed by atoms with Gasteiger partial charge in [0.1, 0.15) is 0 Å². The smallest absolute Gasteiger partial charge is 0.225 e. The Bertz CT molecular complexity index is 309. The van der Waals surface area contributed by atoms with Crippen molar-refractivity contribution in [1.82, 2.24) is 15.3 Å². The van der Waals surface area contributed by atoms with Crippen molar-refractivity contribution in [2.24, 2.45) is 0 Å². The van der Waals surface area contributed by atoms with E-state index in [1.807, 2.05) is 26.4 Å². The number of likely N-dealkylation sites (N-methyl/N-ethyl adjacent to an activating group) is 1. The van der Waals surface area contributed by atoms with Crippen molar-refractivity contribution in [2.45, 2.75) is 25.8 Å². The molecule has 1 saturated heterocycles. The van der Waals surface area contributed by atoms with Crippen LogP contribution < -0.4 is 10.2 Å². The fourth-order valence-electron chi connectivity index (χ4n) is 1.94. The first-order valence-corrected chi connectivity index (χ1v) is 5.50. The zero-order valence-corrected chi connectivity index (χ0v) is 9.40. The van der Waals surface area contributed by atoms with Gasteiger partial charge in [-0.2, -0.15) is 0 Å². The highest BCUT2D eigenvalue weighted by Crippen LogP contribution is 2.15. The van der Waals surface area contributed by atoms with Gasteiger partial charge in [-0.1, -0.05) is 0 Å². The third kappa shape index (κ3) is 2.45. The van der Waals surface area contributed by atoms with Gasteiger partial charge in [-0.25, -0.2) is 9.97 Å². The molecule has 0 spiro atoms. The van der Waals surface area contributed by atoms with Gasteiger partial charge in [0.15, 0.2) is 0 Å². The van der Waals surface area contributed by atoms with Crippen LogP contribution in [0.15, 0.2) is 12.4 Å². The lowest BCUT2D eigenvalue weighted by Gasteiger charge is -2.32. The van der Waals surface area contributed by atoms with Crippen molar-refractivity contribution >= 4 is 5.95 Å². The maximum atomic E-state index is 4.36. The van der Waals surface area contributed by atoms with E-state index in [2.05, 4.69) is 20.2 Å². The highest BCUT2D eigenvalue weighted by atomic mass is 15.3. The molecule has 4 nitrogen and oxygen atoms in total. The average molecular weight is 206 g/mol. The fraction of sp³-hybridized carbons (Fsp3) is 0.636. The third-order valence-electron chi connectivity index (χ3n) is 2.88. The number of aromatic nitrogens is 2. The summed E-state index contributed by atoms with van der Waals surface area (Å²) >= 11 is 0. The van der Waals surface area contributed by atoms with Gasteiger partial charge in [0.25, 0.3) is 0 Å². The molecule has 0 radical (unpaired) electrons. The van der Waals surface area contributed by atoms with Crippen molar-refractivity contribution in [3.63, 3.8) is 0 Å². The highest BCUT2D eigenvalue weighted by molar-refractivity contribution is 5.30. The van der Waals surface area contributed by atoms with Gasteiger partial charge in [0, 0.05) is 31.5 Å². The number of aryl methyl sites for hydroxylation is 1. The lowest BCUT2D eigenvalue weighted by atomic mass is 10.1. The Balaban J connectivity index is 2.06. The van der Waals surface area contributed by atoms with Crippen molar-refractivity contribution in [2.75, 3.05) is 25.0 Å². The second-order valence-electron chi connectivity index (χ2n) is 4.13. The number of hydrogen-bond acceptors (Lipinski definition) is 4. The summed E-state index contributed by atoms with van der Waals surface area (Å²) in [6.07, 6.45) is 6.22. The predicted octanol–water partition coefficient (Wildman–Crippen LogP) is 0.973. The highest BCUT2D eigenvalue weighted by Gasteiger charge is 2.19. The van der Waals surface area contributed by atoms with Crippen molar-refractivity contribution in [3.05, 3.63) is 18.0 Å².